The lowest BCUT2D eigenvalue weighted by Crippen LogP contribution is -2.19. The van der Waals surface area contributed by atoms with Crippen molar-refractivity contribution in [3.8, 4) is 0 Å². The lowest BCUT2D eigenvalue weighted by atomic mass is 10.0. The van der Waals surface area contributed by atoms with Gasteiger partial charge < -0.3 is 0 Å². The Kier molecular flexibility index (Phi) is 4.30. The molecule has 6 heteroatoms. The Balaban J connectivity index is 2.24. The molecule has 0 N–H and O–H groups in total. The molecule has 0 aliphatic carbocycles. The number of fused-ring (bicyclic) bond motifs is 1. The Hall–Kier alpha value is -1.30. The topological polar surface area (TPSA) is 28.0 Å². The first kappa shape index (κ1) is 15.6. The normalized spacial score (nSPS) is 14.3. The Morgan fingerprint density at radius 1 is 1.18 bits per heavy atom. The van der Waals surface area contributed by atoms with E-state index in [1.165, 1.54) is 10.4 Å². The van der Waals surface area contributed by atoms with Gasteiger partial charge in [-0.25, -0.2) is 10.0 Å². The van der Waals surface area contributed by atoms with Gasteiger partial charge in [0, 0.05) is 28.1 Å². The minimum atomic E-state index is 0.728. The van der Waals surface area contributed by atoms with Crippen molar-refractivity contribution >= 4 is 50.6 Å². The van der Waals surface area contributed by atoms with E-state index >= 15 is 0 Å². The zero-order valence-corrected chi connectivity index (χ0v) is 15.2. The van der Waals surface area contributed by atoms with E-state index in [0.717, 1.165) is 32.0 Å². The van der Waals surface area contributed by atoms with Crippen LogP contribution >= 0.6 is 34.7 Å². The molecule has 3 rings (SSSR count). The molecule has 0 radical (unpaired) electrons. The fourth-order valence-electron chi connectivity index (χ4n) is 2.36. The third-order valence-electron chi connectivity index (χ3n) is 3.63. The molecule has 1 aliphatic rings. The van der Waals surface area contributed by atoms with Crippen molar-refractivity contribution < 1.29 is 0 Å². The summed E-state index contributed by atoms with van der Waals surface area (Å²) in [7, 11) is 1.93. The van der Waals surface area contributed by atoms with E-state index < -0.39 is 0 Å². The van der Waals surface area contributed by atoms with Gasteiger partial charge in [-0.2, -0.15) is 5.10 Å². The summed E-state index contributed by atoms with van der Waals surface area (Å²) in [6.45, 7) is 4.27. The van der Waals surface area contributed by atoms with E-state index in [-0.39, 0.29) is 0 Å². The molecule has 0 saturated heterocycles. The number of nitrogens with zero attached hydrogens (tertiary/aromatic N) is 3. The highest BCUT2D eigenvalue weighted by Crippen LogP contribution is 2.39. The smallest absolute Gasteiger partial charge is 0.185 e. The molecule has 1 aromatic carbocycles. The van der Waals surface area contributed by atoms with E-state index in [0.29, 0.717) is 0 Å². The fraction of sp³-hybridized carbons (Fsp3) is 0.250. The second-order valence-electron chi connectivity index (χ2n) is 5.04. The van der Waals surface area contributed by atoms with Gasteiger partial charge in [-0.15, -0.1) is 11.3 Å². The first-order valence-corrected chi connectivity index (χ1v) is 9.24. The molecular formula is C16H16ClN3S2. The maximum Gasteiger partial charge on any atom is 0.185 e. The van der Waals surface area contributed by atoms with Crippen molar-refractivity contribution in [3.05, 3.63) is 50.9 Å². The number of aliphatic imine (C=N–C) groups is 1. The first-order chi connectivity index (χ1) is 10.5. The lowest BCUT2D eigenvalue weighted by molar-refractivity contribution is 0.558. The number of halogens is 1. The molecule has 0 unspecified atom stereocenters. The first-order valence-electron chi connectivity index (χ1n) is 6.82. The number of hydrogen-bond acceptors (Lipinski definition) is 5. The van der Waals surface area contributed by atoms with Gasteiger partial charge in [0.25, 0.3) is 0 Å². The standard InChI is InChI=1S/C16H16ClN3S2/c1-9-10(2)22-15-13(9)14(11-5-7-12(17)8-6-11)19-20(3)16(18-15)21-4/h5-8H,1-4H3. The van der Waals surface area contributed by atoms with Crippen LogP contribution < -0.4 is 0 Å². The molecule has 0 atom stereocenters. The minimum Gasteiger partial charge on any atom is -0.245 e. The van der Waals surface area contributed by atoms with Crippen LogP contribution in [0.5, 0.6) is 0 Å². The highest BCUT2D eigenvalue weighted by atomic mass is 35.5. The largest absolute Gasteiger partial charge is 0.245 e. The van der Waals surface area contributed by atoms with Gasteiger partial charge in [0.15, 0.2) is 5.17 Å². The highest BCUT2D eigenvalue weighted by Gasteiger charge is 2.24. The minimum absolute atomic E-state index is 0.728. The van der Waals surface area contributed by atoms with E-state index in [4.69, 9.17) is 21.7 Å². The van der Waals surface area contributed by atoms with Gasteiger partial charge in [0.2, 0.25) is 0 Å². The summed E-state index contributed by atoms with van der Waals surface area (Å²) in [6.07, 6.45) is 2.02. The third-order valence-corrected chi connectivity index (χ3v) is 5.70. The molecule has 2 aromatic rings. The Labute approximate surface area is 143 Å². The van der Waals surface area contributed by atoms with Crippen LogP contribution in [0.2, 0.25) is 5.02 Å². The van der Waals surface area contributed by atoms with Crippen molar-refractivity contribution in [1.82, 2.24) is 5.01 Å². The number of aryl methyl sites for hydroxylation is 1. The van der Waals surface area contributed by atoms with Gasteiger partial charge in [-0.1, -0.05) is 35.5 Å². The molecule has 0 spiro atoms. The summed E-state index contributed by atoms with van der Waals surface area (Å²) in [5.41, 5.74) is 4.37. The van der Waals surface area contributed by atoms with Crippen molar-refractivity contribution in [2.75, 3.05) is 13.3 Å². The second-order valence-corrected chi connectivity index (χ2v) is 7.45. The van der Waals surface area contributed by atoms with Crippen LogP contribution in [0.25, 0.3) is 0 Å². The maximum atomic E-state index is 6.02. The van der Waals surface area contributed by atoms with Gasteiger partial charge in [0.1, 0.15) is 10.7 Å². The summed E-state index contributed by atoms with van der Waals surface area (Å²) in [6, 6.07) is 7.81. The number of amidine groups is 1. The predicted molar refractivity (Wildman–Crippen MR) is 99.3 cm³/mol. The predicted octanol–water partition coefficient (Wildman–Crippen LogP) is 5.07. The molecule has 0 saturated carbocycles. The van der Waals surface area contributed by atoms with Crippen LogP contribution in [-0.4, -0.2) is 29.2 Å². The zero-order chi connectivity index (χ0) is 15.9. The molecule has 2 heterocycles. The van der Waals surface area contributed by atoms with Crippen molar-refractivity contribution in [1.29, 1.82) is 0 Å². The van der Waals surface area contributed by atoms with E-state index in [2.05, 4.69) is 13.8 Å². The average molecular weight is 350 g/mol. The van der Waals surface area contributed by atoms with Crippen molar-refractivity contribution in [2.45, 2.75) is 13.8 Å². The summed E-state index contributed by atoms with van der Waals surface area (Å²) in [5, 5.41) is 9.30. The molecular weight excluding hydrogens is 334 g/mol. The number of thiophene rings is 1. The van der Waals surface area contributed by atoms with Crippen LogP contribution in [0.15, 0.2) is 34.4 Å². The van der Waals surface area contributed by atoms with Gasteiger partial charge >= 0.3 is 0 Å². The number of hydrogen-bond donors (Lipinski definition) is 0. The molecule has 0 amide bonds. The van der Waals surface area contributed by atoms with Crippen LogP contribution in [0, 0.1) is 13.8 Å². The number of rotatable bonds is 1. The number of hydrazone groups is 1. The fourth-order valence-corrected chi connectivity index (χ4v) is 4.06. The van der Waals surface area contributed by atoms with Crippen molar-refractivity contribution in [2.24, 2.45) is 10.1 Å². The van der Waals surface area contributed by atoms with E-state index in [1.807, 2.05) is 42.6 Å². The molecule has 1 aliphatic heterocycles. The third kappa shape index (κ3) is 2.69. The quantitative estimate of drug-likeness (QED) is 0.719. The summed E-state index contributed by atoms with van der Waals surface area (Å²) in [5.74, 6) is 0. The lowest BCUT2D eigenvalue weighted by Gasteiger charge is -2.14. The number of benzene rings is 1. The highest BCUT2D eigenvalue weighted by molar-refractivity contribution is 8.13. The summed E-state index contributed by atoms with van der Waals surface area (Å²) >= 11 is 9.34. The number of thioether (sulfide) groups is 1. The van der Waals surface area contributed by atoms with Gasteiger partial charge in [0.05, 0.1) is 0 Å². The molecule has 1 aromatic heterocycles. The van der Waals surface area contributed by atoms with Crippen LogP contribution in [0.4, 0.5) is 5.00 Å². The molecule has 0 fully saturated rings. The van der Waals surface area contributed by atoms with Crippen molar-refractivity contribution in [3.63, 3.8) is 0 Å². The SMILES string of the molecule is CSC1=Nc2sc(C)c(C)c2C(c2ccc(Cl)cc2)=NN1C. The van der Waals surface area contributed by atoms with Crippen LogP contribution in [0.1, 0.15) is 21.6 Å². The zero-order valence-electron chi connectivity index (χ0n) is 12.8. The van der Waals surface area contributed by atoms with E-state index in [1.54, 1.807) is 23.1 Å². The Morgan fingerprint density at radius 2 is 1.86 bits per heavy atom. The van der Waals surface area contributed by atoms with Gasteiger partial charge in [-0.05, 0) is 37.8 Å². The molecule has 114 valence electrons. The molecule has 3 nitrogen and oxygen atoms in total. The van der Waals surface area contributed by atoms with Crippen LogP contribution in [0.3, 0.4) is 0 Å². The Morgan fingerprint density at radius 3 is 2.50 bits per heavy atom. The Bertz CT molecular complexity index is 775. The second kappa shape index (κ2) is 6.07. The summed E-state index contributed by atoms with van der Waals surface area (Å²) in [4.78, 5) is 6.08. The summed E-state index contributed by atoms with van der Waals surface area (Å²) < 4.78 is 0. The molecule has 22 heavy (non-hydrogen) atoms. The van der Waals surface area contributed by atoms with E-state index in [9.17, 15) is 0 Å². The maximum absolute atomic E-state index is 6.02. The average Bonchev–Trinajstić information content (AvgIpc) is 2.69. The van der Waals surface area contributed by atoms with Crippen LogP contribution in [-0.2, 0) is 0 Å². The monoisotopic (exact) mass is 349 g/mol. The molecule has 0 bridgehead atoms. The van der Waals surface area contributed by atoms with Gasteiger partial charge in [-0.3, -0.25) is 0 Å².